The zero-order valence-corrected chi connectivity index (χ0v) is 7.05. The van der Waals surface area contributed by atoms with Crippen LogP contribution in [0.4, 0.5) is 13.2 Å². The van der Waals surface area contributed by atoms with Crippen molar-refractivity contribution in [3.63, 3.8) is 0 Å². The van der Waals surface area contributed by atoms with Crippen molar-refractivity contribution in [2.75, 3.05) is 0 Å². The molecule has 1 atom stereocenters. The summed E-state index contributed by atoms with van der Waals surface area (Å²) in [7, 11) is 0. The molecule has 0 heterocycles. The first-order valence-electron chi connectivity index (χ1n) is 3.81. The summed E-state index contributed by atoms with van der Waals surface area (Å²) >= 11 is 0. The topological polar surface area (TPSA) is 20.2 Å². The van der Waals surface area contributed by atoms with E-state index in [2.05, 4.69) is 0 Å². The van der Waals surface area contributed by atoms with Crippen LogP contribution in [0.3, 0.4) is 0 Å². The van der Waals surface area contributed by atoms with Gasteiger partial charge in [0, 0.05) is 5.92 Å². The Bertz CT molecular complexity index is 345. The Kier molecular flexibility index (Phi) is 3.15. The van der Waals surface area contributed by atoms with Gasteiger partial charge in [0.15, 0.2) is 0 Å². The highest BCUT2D eigenvalue weighted by Crippen LogP contribution is 2.15. The third-order valence-corrected chi connectivity index (χ3v) is 1.47. The predicted octanol–water partition coefficient (Wildman–Crippen LogP) is 2.29. The van der Waals surface area contributed by atoms with Crippen LogP contribution in [0.5, 0.6) is 0 Å². The lowest BCUT2D eigenvalue weighted by Crippen LogP contribution is -2.03. The molecule has 14 heavy (non-hydrogen) atoms. The fourth-order valence-electron chi connectivity index (χ4n) is 0.869. The highest BCUT2D eigenvalue weighted by molar-refractivity contribution is 5.25. The molecule has 0 aliphatic rings. The molecule has 1 nitrogen and oxygen atoms in total. The summed E-state index contributed by atoms with van der Waals surface area (Å²) in [6.45, 7) is 0. The molecule has 0 bridgehead atoms. The van der Waals surface area contributed by atoms with Gasteiger partial charge in [0.05, 0.1) is 0 Å². The first kappa shape index (κ1) is 10.6. The first-order valence-corrected chi connectivity index (χ1v) is 3.81. The summed E-state index contributed by atoms with van der Waals surface area (Å²) < 4.78 is 34.9. The Morgan fingerprint density at radius 1 is 1.14 bits per heavy atom. The van der Waals surface area contributed by atoms with Crippen molar-refractivity contribution in [1.82, 2.24) is 0 Å². The summed E-state index contributed by atoms with van der Waals surface area (Å²) in [5.74, 6) is 2.74. The quantitative estimate of drug-likeness (QED) is 0.689. The maximum atomic E-state index is 11.6. The third kappa shape index (κ3) is 3.50. The number of alkyl halides is 3. The maximum Gasteiger partial charge on any atom is 0.457 e. The maximum absolute atomic E-state index is 11.6. The minimum Gasteiger partial charge on any atom is -0.376 e. The number of halogens is 3. The fraction of sp³-hybridized carbons (Fsp3) is 0.200. The second-order valence-corrected chi connectivity index (χ2v) is 2.58. The molecule has 0 spiro atoms. The lowest BCUT2D eigenvalue weighted by molar-refractivity contribution is -0.0700. The number of hydrogen-bond acceptors (Lipinski definition) is 1. The van der Waals surface area contributed by atoms with E-state index in [-0.39, 0.29) is 0 Å². The van der Waals surface area contributed by atoms with E-state index in [1.165, 1.54) is 12.1 Å². The molecule has 0 unspecified atom stereocenters. The van der Waals surface area contributed by atoms with Crippen LogP contribution in [-0.4, -0.2) is 11.3 Å². The largest absolute Gasteiger partial charge is 0.457 e. The number of hydrogen-bond donors (Lipinski definition) is 1. The standard InChI is InChI=1S/C10H7F3O/c11-10(12,13)7-6-9(14)8-4-2-1-3-5-8/h1-5,9,14H/t9-/m0/s1. The second-order valence-electron chi connectivity index (χ2n) is 2.58. The zero-order chi connectivity index (χ0) is 10.6. The molecular weight excluding hydrogens is 193 g/mol. The molecule has 1 N–H and O–H groups in total. The third-order valence-electron chi connectivity index (χ3n) is 1.47. The Morgan fingerprint density at radius 2 is 1.71 bits per heavy atom. The Morgan fingerprint density at radius 3 is 2.21 bits per heavy atom. The van der Waals surface area contributed by atoms with E-state index < -0.39 is 12.3 Å². The fourth-order valence-corrected chi connectivity index (χ4v) is 0.869. The molecule has 0 amide bonds. The number of aliphatic hydroxyl groups excluding tert-OH is 1. The van der Waals surface area contributed by atoms with E-state index in [1.807, 2.05) is 0 Å². The van der Waals surface area contributed by atoms with Gasteiger partial charge in [0.2, 0.25) is 0 Å². The van der Waals surface area contributed by atoms with Gasteiger partial charge in [0.25, 0.3) is 0 Å². The summed E-state index contributed by atoms with van der Waals surface area (Å²) in [4.78, 5) is 0. The molecule has 1 rings (SSSR count). The summed E-state index contributed by atoms with van der Waals surface area (Å²) in [6.07, 6.45) is -5.95. The molecule has 1 aromatic rings. The van der Waals surface area contributed by atoms with Gasteiger partial charge in [0.1, 0.15) is 6.10 Å². The molecule has 0 aromatic heterocycles. The average Bonchev–Trinajstić information content (AvgIpc) is 2.14. The van der Waals surface area contributed by atoms with Gasteiger partial charge >= 0.3 is 6.18 Å². The molecule has 4 heteroatoms. The Hall–Kier alpha value is -1.47. The van der Waals surface area contributed by atoms with E-state index in [9.17, 15) is 18.3 Å². The van der Waals surface area contributed by atoms with Gasteiger partial charge in [-0.1, -0.05) is 36.3 Å². The monoisotopic (exact) mass is 200 g/mol. The van der Waals surface area contributed by atoms with Gasteiger partial charge in [-0.05, 0) is 5.56 Å². The Balaban J connectivity index is 2.76. The molecule has 0 saturated carbocycles. The van der Waals surface area contributed by atoms with Crippen LogP contribution in [0, 0.1) is 11.8 Å². The van der Waals surface area contributed by atoms with Crippen LogP contribution >= 0.6 is 0 Å². The van der Waals surface area contributed by atoms with Crippen molar-refractivity contribution in [2.45, 2.75) is 12.3 Å². The molecule has 74 valence electrons. The first-order chi connectivity index (χ1) is 6.49. The SMILES string of the molecule is O[C@@H](C#CC(F)(F)F)c1ccccc1. The number of rotatable bonds is 1. The second kappa shape index (κ2) is 4.16. The van der Waals surface area contributed by atoms with Crippen LogP contribution in [-0.2, 0) is 0 Å². The molecule has 0 fully saturated rings. The van der Waals surface area contributed by atoms with E-state index in [4.69, 9.17) is 0 Å². The molecule has 0 aliphatic carbocycles. The van der Waals surface area contributed by atoms with Crippen molar-refractivity contribution in [1.29, 1.82) is 0 Å². The average molecular weight is 200 g/mol. The lowest BCUT2D eigenvalue weighted by atomic mass is 10.1. The zero-order valence-electron chi connectivity index (χ0n) is 7.05. The minimum atomic E-state index is -4.56. The smallest absolute Gasteiger partial charge is 0.376 e. The minimum absolute atomic E-state index is 0.351. The van der Waals surface area contributed by atoms with E-state index in [0.29, 0.717) is 5.56 Å². The van der Waals surface area contributed by atoms with Gasteiger partial charge in [-0.15, -0.1) is 0 Å². The van der Waals surface area contributed by atoms with Crippen LogP contribution < -0.4 is 0 Å². The van der Waals surface area contributed by atoms with Gasteiger partial charge < -0.3 is 5.11 Å². The summed E-state index contributed by atoms with van der Waals surface area (Å²) in [6, 6.07) is 7.96. The summed E-state index contributed by atoms with van der Waals surface area (Å²) in [5, 5.41) is 9.21. The molecule has 0 radical (unpaired) electrons. The highest BCUT2D eigenvalue weighted by Gasteiger charge is 2.23. The molecular formula is C10H7F3O. The van der Waals surface area contributed by atoms with Gasteiger partial charge in [-0.25, -0.2) is 0 Å². The lowest BCUT2D eigenvalue weighted by Gasteiger charge is -2.02. The summed E-state index contributed by atoms with van der Waals surface area (Å²) in [5.41, 5.74) is 0.351. The Labute approximate surface area is 79.2 Å². The van der Waals surface area contributed by atoms with Crippen molar-refractivity contribution in [3.8, 4) is 11.8 Å². The molecule has 1 aromatic carbocycles. The van der Waals surface area contributed by atoms with Crippen molar-refractivity contribution in [2.24, 2.45) is 0 Å². The van der Waals surface area contributed by atoms with Crippen molar-refractivity contribution < 1.29 is 18.3 Å². The molecule has 0 saturated heterocycles. The van der Waals surface area contributed by atoms with Crippen molar-refractivity contribution >= 4 is 0 Å². The highest BCUT2D eigenvalue weighted by atomic mass is 19.4. The molecule has 0 aliphatic heterocycles. The van der Waals surface area contributed by atoms with E-state index in [1.54, 1.807) is 24.1 Å². The van der Waals surface area contributed by atoms with Crippen molar-refractivity contribution in [3.05, 3.63) is 35.9 Å². The normalized spacial score (nSPS) is 12.9. The number of aliphatic hydroxyl groups is 1. The van der Waals surface area contributed by atoms with E-state index >= 15 is 0 Å². The van der Waals surface area contributed by atoms with Crippen LogP contribution in [0.15, 0.2) is 30.3 Å². The van der Waals surface area contributed by atoms with Crippen LogP contribution in [0.25, 0.3) is 0 Å². The van der Waals surface area contributed by atoms with Crippen LogP contribution in [0.2, 0.25) is 0 Å². The van der Waals surface area contributed by atoms with Gasteiger partial charge in [-0.2, -0.15) is 13.2 Å². The predicted molar refractivity (Wildman–Crippen MR) is 45.2 cm³/mol. The number of benzene rings is 1. The van der Waals surface area contributed by atoms with Crippen LogP contribution in [0.1, 0.15) is 11.7 Å². The van der Waals surface area contributed by atoms with Gasteiger partial charge in [-0.3, -0.25) is 0 Å². The van der Waals surface area contributed by atoms with E-state index in [0.717, 1.165) is 5.92 Å².